The molecule has 0 bridgehead atoms. The van der Waals surface area contributed by atoms with Crippen LogP contribution in [-0.2, 0) is 4.74 Å². The number of allylic oxidation sites excluding steroid dienone is 1. The summed E-state index contributed by atoms with van der Waals surface area (Å²) in [6.45, 7) is 6.16. The number of carbonyl (C=O) groups is 1. The van der Waals surface area contributed by atoms with E-state index in [1.807, 2.05) is 13.0 Å². The fourth-order valence-corrected chi connectivity index (χ4v) is 2.57. The average molecular weight is 261 g/mol. The van der Waals surface area contributed by atoms with Crippen LogP contribution in [0.5, 0.6) is 5.75 Å². The zero-order chi connectivity index (χ0) is 14.2. The van der Waals surface area contributed by atoms with E-state index in [2.05, 4.69) is 25.2 Å². The summed E-state index contributed by atoms with van der Waals surface area (Å²) < 4.78 is 10.2. The molecule has 0 saturated carbocycles. The van der Waals surface area contributed by atoms with Crippen molar-refractivity contribution in [2.24, 2.45) is 0 Å². The van der Waals surface area contributed by atoms with Crippen LogP contribution in [0.25, 0.3) is 5.57 Å². The minimum atomic E-state index is -0.386. The Balaban J connectivity index is 2.70. The van der Waals surface area contributed by atoms with Crippen molar-refractivity contribution in [2.75, 3.05) is 19.5 Å². The summed E-state index contributed by atoms with van der Waals surface area (Å²) in [7, 11) is 2.92. The summed E-state index contributed by atoms with van der Waals surface area (Å²) in [6, 6.07) is 3.71. The lowest BCUT2D eigenvalue weighted by Gasteiger charge is -2.32. The zero-order valence-electron chi connectivity index (χ0n) is 12.0. The maximum absolute atomic E-state index is 12.0. The highest BCUT2D eigenvalue weighted by molar-refractivity contribution is 6.02. The van der Waals surface area contributed by atoms with Gasteiger partial charge < -0.3 is 14.8 Å². The first-order chi connectivity index (χ1) is 8.89. The Hall–Kier alpha value is -1.97. The van der Waals surface area contributed by atoms with Gasteiger partial charge in [-0.25, -0.2) is 4.79 Å². The lowest BCUT2D eigenvalue weighted by molar-refractivity contribution is 0.0596. The third-order valence-electron chi connectivity index (χ3n) is 3.21. The molecular weight excluding hydrogens is 242 g/mol. The van der Waals surface area contributed by atoms with Gasteiger partial charge in [0.15, 0.2) is 0 Å². The Bertz CT molecular complexity index is 559. The predicted molar refractivity (Wildman–Crippen MR) is 75.7 cm³/mol. The molecule has 0 aliphatic carbocycles. The highest BCUT2D eigenvalue weighted by atomic mass is 16.5. The Labute approximate surface area is 113 Å². The van der Waals surface area contributed by atoms with Crippen molar-refractivity contribution >= 4 is 17.2 Å². The minimum absolute atomic E-state index is 0.140. The van der Waals surface area contributed by atoms with Crippen LogP contribution in [0.3, 0.4) is 0 Å². The topological polar surface area (TPSA) is 47.6 Å². The van der Waals surface area contributed by atoms with Gasteiger partial charge in [0, 0.05) is 11.3 Å². The molecule has 1 aliphatic rings. The van der Waals surface area contributed by atoms with Crippen LogP contribution in [0.1, 0.15) is 36.7 Å². The molecule has 0 fully saturated rings. The molecule has 1 heterocycles. The number of methoxy groups -OCH3 is 2. The van der Waals surface area contributed by atoms with Crippen molar-refractivity contribution in [3.05, 3.63) is 29.3 Å². The molecule has 1 N–H and O–H groups in total. The Morgan fingerprint density at radius 3 is 2.53 bits per heavy atom. The summed E-state index contributed by atoms with van der Waals surface area (Å²) in [6.07, 6.45) is 2.10. The van der Waals surface area contributed by atoms with Crippen molar-refractivity contribution in [3.63, 3.8) is 0 Å². The number of nitrogens with one attached hydrogen (secondary N) is 1. The molecule has 4 heteroatoms. The minimum Gasteiger partial charge on any atom is -0.496 e. The van der Waals surface area contributed by atoms with Gasteiger partial charge in [0.1, 0.15) is 11.3 Å². The summed E-state index contributed by atoms with van der Waals surface area (Å²) in [5.74, 6) is 0.141. The Kier molecular flexibility index (Phi) is 3.27. The number of esters is 1. The molecule has 0 amide bonds. The second-order valence-electron chi connectivity index (χ2n) is 5.23. The molecule has 19 heavy (non-hydrogen) atoms. The van der Waals surface area contributed by atoms with E-state index in [1.54, 1.807) is 13.2 Å². The van der Waals surface area contributed by atoms with Crippen molar-refractivity contribution in [3.8, 4) is 5.75 Å². The fourth-order valence-electron chi connectivity index (χ4n) is 2.57. The Morgan fingerprint density at radius 1 is 1.26 bits per heavy atom. The van der Waals surface area contributed by atoms with Gasteiger partial charge in [-0.1, -0.05) is 6.08 Å². The quantitative estimate of drug-likeness (QED) is 0.831. The second-order valence-corrected chi connectivity index (χ2v) is 5.23. The van der Waals surface area contributed by atoms with Gasteiger partial charge >= 0.3 is 5.97 Å². The third kappa shape index (κ3) is 2.30. The van der Waals surface area contributed by atoms with E-state index in [-0.39, 0.29) is 11.5 Å². The molecule has 0 radical (unpaired) electrons. The highest BCUT2D eigenvalue weighted by Gasteiger charge is 2.28. The van der Waals surface area contributed by atoms with E-state index < -0.39 is 0 Å². The van der Waals surface area contributed by atoms with Gasteiger partial charge in [-0.05, 0) is 38.5 Å². The molecule has 102 valence electrons. The molecule has 2 rings (SSSR count). The van der Waals surface area contributed by atoms with E-state index in [0.717, 1.165) is 16.8 Å². The lowest BCUT2D eigenvalue weighted by atomic mass is 9.88. The number of hydrogen-bond donors (Lipinski definition) is 1. The van der Waals surface area contributed by atoms with Crippen LogP contribution < -0.4 is 10.1 Å². The first kappa shape index (κ1) is 13.5. The van der Waals surface area contributed by atoms with Crippen LogP contribution in [-0.4, -0.2) is 25.7 Å². The van der Waals surface area contributed by atoms with E-state index in [1.165, 1.54) is 7.11 Å². The number of benzene rings is 1. The van der Waals surface area contributed by atoms with Crippen molar-refractivity contribution in [1.29, 1.82) is 0 Å². The van der Waals surface area contributed by atoms with Crippen molar-refractivity contribution < 1.29 is 14.3 Å². The molecule has 0 atom stereocenters. The van der Waals surface area contributed by atoms with Crippen molar-refractivity contribution in [2.45, 2.75) is 26.3 Å². The van der Waals surface area contributed by atoms with E-state index in [0.29, 0.717) is 11.3 Å². The third-order valence-corrected chi connectivity index (χ3v) is 3.21. The first-order valence-electron chi connectivity index (χ1n) is 6.17. The molecule has 0 aromatic heterocycles. The number of ether oxygens (including phenoxy) is 2. The van der Waals surface area contributed by atoms with Gasteiger partial charge in [0.05, 0.1) is 19.8 Å². The summed E-state index contributed by atoms with van der Waals surface area (Å²) in [5, 5.41) is 3.40. The van der Waals surface area contributed by atoms with E-state index >= 15 is 0 Å². The maximum Gasteiger partial charge on any atom is 0.342 e. The van der Waals surface area contributed by atoms with Crippen LogP contribution >= 0.6 is 0 Å². The number of hydrogen-bond acceptors (Lipinski definition) is 4. The van der Waals surface area contributed by atoms with E-state index in [9.17, 15) is 4.79 Å². The smallest absolute Gasteiger partial charge is 0.342 e. The number of anilines is 1. The fraction of sp³-hybridized carbons (Fsp3) is 0.400. The van der Waals surface area contributed by atoms with Crippen LogP contribution in [0.4, 0.5) is 5.69 Å². The normalized spacial score (nSPS) is 15.9. The van der Waals surface area contributed by atoms with E-state index in [4.69, 9.17) is 9.47 Å². The lowest BCUT2D eigenvalue weighted by Crippen LogP contribution is -2.32. The van der Waals surface area contributed by atoms with Gasteiger partial charge in [-0.15, -0.1) is 0 Å². The number of carbonyl (C=O) groups excluding carboxylic acids is 1. The predicted octanol–water partition coefficient (Wildman–Crippen LogP) is 3.09. The molecule has 1 aromatic carbocycles. The molecule has 0 unspecified atom stereocenters. The first-order valence-corrected chi connectivity index (χ1v) is 6.17. The molecule has 1 aliphatic heterocycles. The summed E-state index contributed by atoms with van der Waals surface area (Å²) >= 11 is 0. The maximum atomic E-state index is 12.0. The van der Waals surface area contributed by atoms with Crippen molar-refractivity contribution in [1.82, 2.24) is 0 Å². The number of fused-ring (bicyclic) bond motifs is 1. The molecular formula is C15H19NO3. The van der Waals surface area contributed by atoms with Gasteiger partial charge in [-0.3, -0.25) is 0 Å². The summed E-state index contributed by atoms with van der Waals surface area (Å²) in [4.78, 5) is 12.0. The average Bonchev–Trinajstić information content (AvgIpc) is 2.35. The Morgan fingerprint density at radius 2 is 1.95 bits per heavy atom. The van der Waals surface area contributed by atoms with Gasteiger partial charge in [0.2, 0.25) is 0 Å². The molecule has 0 saturated heterocycles. The highest BCUT2D eigenvalue weighted by Crippen LogP contribution is 2.39. The second kappa shape index (κ2) is 4.61. The molecule has 0 spiro atoms. The largest absolute Gasteiger partial charge is 0.496 e. The number of rotatable bonds is 2. The van der Waals surface area contributed by atoms with Crippen LogP contribution in [0.2, 0.25) is 0 Å². The molecule has 1 aromatic rings. The standard InChI is InChI=1S/C15H19NO3/c1-9-8-15(2,3)16-10-6-7-11(18-4)13(12(9)10)14(17)19-5/h6-8,16H,1-5H3. The van der Waals surface area contributed by atoms with Crippen LogP contribution in [0, 0.1) is 0 Å². The zero-order valence-corrected chi connectivity index (χ0v) is 12.0. The molecule has 4 nitrogen and oxygen atoms in total. The SMILES string of the molecule is COC(=O)c1c(OC)ccc2c1C(C)=CC(C)(C)N2. The monoisotopic (exact) mass is 261 g/mol. The summed E-state index contributed by atoms with van der Waals surface area (Å²) in [5.41, 5.74) is 3.15. The van der Waals surface area contributed by atoms with Gasteiger partial charge in [-0.2, -0.15) is 0 Å². The van der Waals surface area contributed by atoms with Gasteiger partial charge in [0.25, 0.3) is 0 Å². The van der Waals surface area contributed by atoms with Crippen LogP contribution in [0.15, 0.2) is 18.2 Å².